The number of rotatable bonds is 2. The first-order valence-corrected chi connectivity index (χ1v) is 5.66. The molecule has 0 radical (unpaired) electrons. The molecule has 1 aromatic heterocycles. The molecular formula is C10H11ClN4O4. The summed E-state index contributed by atoms with van der Waals surface area (Å²) in [5, 5.41) is 28.3. The molecule has 3 atom stereocenters. The second-order valence-electron chi connectivity index (χ2n) is 4.17. The minimum Gasteiger partial charge on any atom is -0.392 e. The lowest BCUT2D eigenvalue weighted by Gasteiger charge is -2.29. The number of nitrogens with zero attached hydrogens (tertiary/aromatic N) is 3. The molecule has 0 amide bonds. The largest absolute Gasteiger partial charge is 0.392 e. The Bertz CT molecular complexity index is 600. The maximum Gasteiger partial charge on any atom is 0.351 e. The minimum atomic E-state index is -1.87. The van der Waals surface area contributed by atoms with Gasteiger partial charge in [0.2, 0.25) is 5.60 Å². The molecule has 0 spiro atoms. The van der Waals surface area contributed by atoms with Crippen LogP contribution in [0, 0.1) is 11.3 Å². The third-order valence-corrected chi connectivity index (χ3v) is 3.54. The zero-order valence-electron chi connectivity index (χ0n) is 9.65. The van der Waals surface area contributed by atoms with E-state index in [1.165, 1.54) is 12.3 Å². The fourth-order valence-corrected chi connectivity index (χ4v) is 2.27. The van der Waals surface area contributed by atoms with Crippen LogP contribution in [0.25, 0.3) is 0 Å². The molecule has 4 N–H and O–H groups in total. The van der Waals surface area contributed by atoms with E-state index in [2.05, 4.69) is 4.98 Å². The van der Waals surface area contributed by atoms with Gasteiger partial charge in [-0.15, -0.1) is 0 Å². The maximum absolute atomic E-state index is 11.7. The van der Waals surface area contributed by atoms with E-state index in [0.717, 1.165) is 4.57 Å². The third-order valence-electron chi connectivity index (χ3n) is 3.04. The Morgan fingerprint density at radius 3 is 2.95 bits per heavy atom. The summed E-state index contributed by atoms with van der Waals surface area (Å²) in [6.07, 6.45) is -0.366. The van der Waals surface area contributed by atoms with Gasteiger partial charge in [-0.3, -0.25) is 4.57 Å². The highest BCUT2D eigenvalue weighted by molar-refractivity contribution is 6.23. The van der Waals surface area contributed by atoms with Crippen molar-refractivity contribution < 1.29 is 14.9 Å². The molecule has 1 fully saturated rings. The molecule has 1 aromatic rings. The summed E-state index contributed by atoms with van der Waals surface area (Å²) in [4.78, 5) is 13.5. The smallest absolute Gasteiger partial charge is 0.351 e. The van der Waals surface area contributed by atoms with Crippen LogP contribution in [0.4, 0.5) is 5.82 Å². The predicted molar refractivity (Wildman–Crippen MR) is 64.1 cm³/mol. The van der Waals surface area contributed by atoms with E-state index in [9.17, 15) is 15.0 Å². The number of aliphatic hydroxyl groups is 2. The third kappa shape index (κ3) is 1.87. The molecule has 1 aliphatic rings. The topological polar surface area (TPSA) is 134 Å². The average molecular weight is 287 g/mol. The normalized spacial score (nSPS) is 34.1. The van der Waals surface area contributed by atoms with Crippen LogP contribution in [0.2, 0.25) is 0 Å². The van der Waals surface area contributed by atoms with Crippen LogP contribution < -0.4 is 11.4 Å². The lowest BCUT2D eigenvalue weighted by molar-refractivity contribution is -0.0523. The van der Waals surface area contributed by atoms with Gasteiger partial charge in [0.1, 0.15) is 18.0 Å². The zero-order chi connectivity index (χ0) is 14.3. The van der Waals surface area contributed by atoms with Gasteiger partial charge in [-0.2, -0.15) is 10.2 Å². The number of nitrogens with two attached hydrogens (primary N) is 1. The van der Waals surface area contributed by atoms with Crippen LogP contribution in [-0.2, 0) is 9.73 Å². The lowest BCUT2D eigenvalue weighted by Crippen LogP contribution is -2.52. The van der Waals surface area contributed by atoms with Gasteiger partial charge in [0, 0.05) is 6.20 Å². The van der Waals surface area contributed by atoms with Gasteiger partial charge in [-0.25, -0.2) is 4.79 Å². The molecule has 0 saturated carbocycles. The lowest BCUT2D eigenvalue weighted by atomic mass is 9.96. The Labute approximate surface area is 112 Å². The Morgan fingerprint density at radius 1 is 1.79 bits per heavy atom. The first-order valence-electron chi connectivity index (χ1n) is 5.28. The highest BCUT2D eigenvalue weighted by atomic mass is 35.5. The molecular weight excluding hydrogens is 276 g/mol. The monoisotopic (exact) mass is 286 g/mol. The Balaban J connectivity index is 2.51. The molecule has 1 saturated heterocycles. The van der Waals surface area contributed by atoms with E-state index < -0.39 is 29.0 Å². The number of hydrogen-bond acceptors (Lipinski definition) is 7. The maximum atomic E-state index is 11.7. The number of anilines is 1. The number of hydrogen-bond donors (Lipinski definition) is 3. The first kappa shape index (κ1) is 13.8. The van der Waals surface area contributed by atoms with Crippen LogP contribution in [-0.4, -0.2) is 44.7 Å². The second kappa shape index (κ2) is 4.47. The van der Waals surface area contributed by atoms with Gasteiger partial charge >= 0.3 is 5.69 Å². The molecule has 2 heterocycles. The number of aromatic nitrogens is 2. The number of nitrogen functional groups attached to an aromatic ring is 1. The second-order valence-corrected chi connectivity index (χ2v) is 4.83. The molecule has 8 nitrogen and oxygen atoms in total. The molecule has 0 aromatic carbocycles. The fourth-order valence-electron chi connectivity index (χ4n) is 1.91. The van der Waals surface area contributed by atoms with Gasteiger partial charge in [-0.1, -0.05) is 11.6 Å². The molecule has 9 heteroatoms. The van der Waals surface area contributed by atoms with Gasteiger partial charge in [0.05, 0.1) is 13.2 Å². The summed E-state index contributed by atoms with van der Waals surface area (Å²) in [5.41, 5.74) is 2.70. The zero-order valence-corrected chi connectivity index (χ0v) is 10.4. The average Bonchev–Trinajstić information content (AvgIpc) is 2.64. The standard InChI is InChI=1S/C10H11ClN4O4/c11-10(15-2-1-6(13)14-8(15)18)5-19-9(3-12,4-16)7(10)17/h1-2,7,16-17H,4-5H2,(H2,13,14,18)/t7-,9-,10+/m1/s1. The van der Waals surface area contributed by atoms with Crippen LogP contribution in [0.3, 0.4) is 0 Å². The van der Waals surface area contributed by atoms with Crippen molar-refractivity contribution in [2.75, 3.05) is 18.9 Å². The number of nitriles is 1. The summed E-state index contributed by atoms with van der Waals surface area (Å²) in [6.45, 7) is -1.09. The predicted octanol–water partition coefficient (Wildman–Crippen LogP) is -1.64. The van der Waals surface area contributed by atoms with E-state index in [1.807, 2.05) is 0 Å². The van der Waals surface area contributed by atoms with Crippen molar-refractivity contribution in [3.05, 3.63) is 22.7 Å². The summed E-state index contributed by atoms with van der Waals surface area (Å²) in [6, 6.07) is 2.99. The van der Waals surface area contributed by atoms with E-state index in [4.69, 9.17) is 27.3 Å². The van der Waals surface area contributed by atoms with Crippen molar-refractivity contribution in [1.29, 1.82) is 5.26 Å². The van der Waals surface area contributed by atoms with Gasteiger partial charge < -0.3 is 20.7 Å². The Hall–Kier alpha value is -1.66. The van der Waals surface area contributed by atoms with Crippen molar-refractivity contribution in [1.82, 2.24) is 9.55 Å². The van der Waals surface area contributed by atoms with E-state index >= 15 is 0 Å². The van der Waals surface area contributed by atoms with Gasteiger partial charge in [0.25, 0.3) is 0 Å². The molecule has 102 valence electrons. The molecule has 1 aliphatic heterocycles. The minimum absolute atomic E-state index is 0.00336. The number of ether oxygens (including phenoxy) is 1. The molecule has 0 unspecified atom stereocenters. The van der Waals surface area contributed by atoms with Crippen molar-refractivity contribution in [2.24, 2.45) is 0 Å². The molecule has 2 rings (SSSR count). The Morgan fingerprint density at radius 2 is 2.47 bits per heavy atom. The molecule has 0 aliphatic carbocycles. The van der Waals surface area contributed by atoms with E-state index in [1.54, 1.807) is 6.07 Å². The fraction of sp³-hybridized carbons (Fsp3) is 0.500. The molecule has 0 bridgehead atoms. The van der Waals surface area contributed by atoms with Crippen molar-refractivity contribution in [3.8, 4) is 6.07 Å². The van der Waals surface area contributed by atoms with Gasteiger partial charge in [0.15, 0.2) is 5.00 Å². The van der Waals surface area contributed by atoms with Crippen LogP contribution in [0.15, 0.2) is 17.1 Å². The number of alkyl halides is 1. The SMILES string of the molecule is N#C[C@]1(CO)OC[C@](Cl)(n2ccc(N)nc2=O)[C@@H]1O. The van der Waals surface area contributed by atoms with E-state index in [-0.39, 0.29) is 12.4 Å². The Kier molecular flexibility index (Phi) is 3.24. The summed E-state index contributed by atoms with van der Waals surface area (Å²) in [5.74, 6) is 0.00336. The molecule has 19 heavy (non-hydrogen) atoms. The highest BCUT2D eigenvalue weighted by Gasteiger charge is 2.59. The van der Waals surface area contributed by atoms with Crippen molar-refractivity contribution >= 4 is 17.4 Å². The first-order chi connectivity index (χ1) is 8.89. The summed E-state index contributed by atoms with van der Waals surface area (Å²) in [7, 11) is 0. The highest BCUT2D eigenvalue weighted by Crippen LogP contribution is 2.40. The number of halogens is 1. The quantitative estimate of drug-likeness (QED) is 0.555. The van der Waals surface area contributed by atoms with Crippen LogP contribution >= 0.6 is 11.6 Å². The summed E-state index contributed by atoms with van der Waals surface area (Å²) >= 11 is 6.19. The number of aliphatic hydroxyl groups excluding tert-OH is 2. The summed E-state index contributed by atoms with van der Waals surface area (Å²) < 4.78 is 6.02. The van der Waals surface area contributed by atoms with Crippen LogP contribution in [0.1, 0.15) is 0 Å². The van der Waals surface area contributed by atoms with Crippen molar-refractivity contribution in [2.45, 2.75) is 16.7 Å². The van der Waals surface area contributed by atoms with Crippen LogP contribution in [0.5, 0.6) is 0 Å². The van der Waals surface area contributed by atoms with E-state index in [0.29, 0.717) is 0 Å². The van der Waals surface area contributed by atoms with Gasteiger partial charge in [-0.05, 0) is 6.07 Å². The van der Waals surface area contributed by atoms with Crippen molar-refractivity contribution in [3.63, 3.8) is 0 Å².